The van der Waals surface area contributed by atoms with Gasteiger partial charge in [-0.15, -0.1) is 0 Å². The first-order chi connectivity index (χ1) is 47.8. The lowest BCUT2D eigenvalue weighted by molar-refractivity contribution is -0.116. The molecular weight excluding hydrogens is 1390 g/mol. The van der Waals surface area contributed by atoms with E-state index in [-0.39, 0.29) is 130 Å². The molecule has 546 valence electrons. The number of aromatic nitrogens is 4. The number of aromatic amines is 1. The van der Waals surface area contributed by atoms with E-state index in [0.29, 0.717) is 42.2 Å². The first kappa shape index (κ1) is 78.2. The highest BCUT2D eigenvalue weighted by molar-refractivity contribution is 7.48. The molecule has 2 aromatic carbocycles. The summed E-state index contributed by atoms with van der Waals surface area (Å²) in [5.74, 6) is -2.35. The van der Waals surface area contributed by atoms with Gasteiger partial charge in [-0.25, -0.2) is 28.1 Å². The normalized spacial score (nSPS) is 19.6. The van der Waals surface area contributed by atoms with Crippen molar-refractivity contribution in [3.8, 4) is 28.2 Å². The second-order valence-corrected chi connectivity index (χ2v) is 26.4. The maximum atomic E-state index is 13.4. The molecule has 2 fully saturated rings. The Morgan fingerprint density at radius 3 is 1.95 bits per heavy atom. The molecule has 4 aliphatic rings. The van der Waals surface area contributed by atoms with E-state index in [0.717, 1.165) is 27.5 Å². The number of aliphatic hydroxyl groups excluding tert-OH is 2. The largest absolute Gasteiger partial charge is 0.508 e. The minimum atomic E-state index is -5.05. The molecule has 12 N–H and O–H groups in total. The number of nitrogens with two attached hydrogens (primary N) is 1. The van der Waals surface area contributed by atoms with Crippen LogP contribution >= 0.6 is 23.5 Å². The number of aromatic carboxylic acids is 1. The number of phenolic OH excluding ortho intramolecular Hbond substituents is 1. The maximum Gasteiger partial charge on any atom is 0.472 e. The molecule has 40 heteroatoms. The molecule has 4 aromatic rings. The Bertz CT molecular complexity index is 4170. The molecule has 37 nitrogen and oxygen atoms in total. The number of unbranched alkanes of at least 4 members (excludes halogenated alkanes) is 3. The van der Waals surface area contributed by atoms with Crippen LogP contribution in [0, 0.1) is 0 Å². The van der Waals surface area contributed by atoms with E-state index >= 15 is 0 Å². The van der Waals surface area contributed by atoms with Crippen LogP contribution in [0.1, 0.15) is 77.3 Å². The number of H-pyrrole nitrogens is 1. The number of fused-ring (bicyclic) bond motifs is 2. The first-order valence-corrected chi connectivity index (χ1v) is 35.6. The summed E-state index contributed by atoms with van der Waals surface area (Å²) in [6.45, 7) is -3.16. The number of aliphatic hydroxyl groups is 2. The zero-order valence-electron chi connectivity index (χ0n) is 53.4. The number of carbonyl (C=O) groups excluding carboxylic acids is 2. The van der Waals surface area contributed by atoms with Crippen LogP contribution < -0.4 is 38.7 Å². The van der Waals surface area contributed by atoms with E-state index in [4.69, 9.17) is 70.8 Å². The number of ether oxygens (including phenoxy) is 6. The fourth-order valence-corrected chi connectivity index (χ4v) is 12.5. The topological polar surface area (TPSA) is 525 Å². The predicted octanol–water partition coefficient (Wildman–Crippen LogP) is 2.54. The van der Waals surface area contributed by atoms with Crippen LogP contribution in [-0.4, -0.2) is 202 Å². The summed E-state index contributed by atoms with van der Waals surface area (Å²) in [7, 11) is -14.6. The Balaban J connectivity index is 0.768. The van der Waals surface area contributed by atoms with Gasteiger partial charge in [0.2, 0.25) is 5.91 Å². The third-order valence-corrected chi connectivity index (χ3v) is 17.9. The van der Waals surface area contributed by atoms with E-state index in [1.54, 1.807) is 6.07 Å². The fraction of sp³-hybridized carbons (Fsp3) is 0.467. The van der Waals surface area contributed by atoms with Gasteiger partial charge in [0.25, 0.3) is 11.5 Å². The molecule has 0 bridgehead atoms. The van der Waals surface area contributed by atoms with Gasteiger partial charge in [0.05, 0.1) is 110 Å². The zero-order chi connectivity index (χ0) is 72.0. The number of amides is 2. The Hall–Kier alpha value is -7.55. The van der Waals surface area contributed by atoms with Crippen LogP contribution in [0.3, 0.4) is 0 Å². The highest BCUT2D eigenvalue weighted by Gasteiger charge is 2.44. The molecule has 100 heavy (non-hydrogen) atoms. The zero-order valence-corrected chi connectivity index (χ0v) is 56.1. The minimum absolute atomic E-state index is 0.0135. The second kappa shape index (κ2) is 37.4. The molecule has 0 radical (unpaired) electrons. The van der Waals surface area contributed by atoms with Crippen molar-refractivity contribution in [3.05, 3.63) is 137 Å². The summed E-state index contributed by atoms with van der Waals surface area (Å²) >= 11 is 0. The Labute approximate surface area is 567 Å². The summed E-state index contributed by atoms with van der Waals surface area (Å²) < 4.78 is 109. The van der Waals surface area contributed by atoms with Gasteiger partial charge in [-0.2, -0.15) is 4.98 Å². The van der Waals surface area contributed by atoms with Gasteiger partial charge >= 0.3 is 40.8 Å². The number of carboxylic acid groups (broad SMARTS) is 1. The number of nitrogen functional groups attached to an aromatic ring is 1. The quantitative estimate of drug-likeness (QED) is 0.0113. The van der Waals surface area contributed by atoms with Gasteiger partial charge in [-0.05, 0) is 73.0 Å². The molecule has 1 aliphatic carbocycles. The Morgan fingerprint density at radius 2 is 1.30 bits per heavy atom. The molecule has 0 spiro atoms. The van der Waals surface area contributed by atoms with Crippen molar-refractivity contribution < 1.29 is 123 Å². The molecule has 3 aliphatic heterocycles. The molecule has 0 saturated carbocycles. The summed E-state index contributed by atoms with van der Waals surface area (Å²) in [6, 6.07) is 13.8. The van der Waals surface area contributed by atoms with Crippen molar-refractivity contribution in [2.24, 2.45) is 0 Å². The number of phosphoric acid groups is 3. The number of phenols is 1. The number of carboxylic acids is 1. The van der Waals surface area contributed by atoms with Crippen molar-refractivity contribution in [1.82, 2.24) is 29.7 Å². The standard InChI is InChI=1S/C60H76N7O30P3/c61-51-13-16-66(59(77)64-51)53-32-45(71)49(95-53)35-92-98(79,80)89-26-24-87-21-22-88-25-28-91-100(83,84)97-48-33-54(96-50(48)36-93-99(81,82)90-27-23-86-20-19-85-18-17-68)67-34-38(57(74)65-60(67)78)6-12-52(72)62-14-3-1-2-4-15-63-56(73)37-5-9-41(58(75)76)44(29-37)55-42-10-7-39(69)30-46(42)94-47-31-40(70)8-11-43(47)55/h5-13,16,29-31,34,45,48-50,53-54,68-69,71H,1-4,14-15,17-28,32-33,35-36H2,(H,62,72)(H,63,73)(H,75,76)(H,79,80)(H,81,82)(H,83,84)(H2,61,64,77)(H,65,74,78)/b12-6+. The molecule has 9 unspecified atom stereocenters. The van der Waals surface area contributed by atoms with Crippen LogP contribution in [-0.2, 0) is 74.1 Å². The lowest BCUT2D eigenvalue weighted by Gasteiger charge is -2.22. The number of carbonyl (C=O) groups is 3. The Kier molecular flexibility index (Phi) is 29.2. The molecule has 2 amide bonds. The average Bonchev–Trinajstić information content (AvgIpc) is 0.917. The van der Waals surface area contributed by atoms with E-state index in [9.17, 15) is 77.3 Å². The molecule has 9 atom stereocenters. The maximum absolute atomic E-state index is 13.4. The van der Waals surface area contributed by atoms with Crippen molar-refractivity contribution in [1.29, 1.82) is 0 Å². The highest BCUT2D eigenvalue weighted by Crippen LogP contribution is 2.50. The molecule has 8 rings (SSSR count). The summed E-state index contributed by atoms with van der Waals surface area (Å²) in [5.41, 5.74) is 3.47. The summed E-state index contributed by atoms with van der Waals surface area (Å²) in [6.07, 6.45) is -1.25. The van der Waals surface area contributed by atoms with E-state index in [2.05, 4.69) is 20.6 Å². The van der Waals surface area contributed by atoms with Gasteiger partial charge in [-0.3, -0.25) is 60.4 Å². The van der Waals surface area contributed by atoms with Crippen molar-refractivity contribution >= 4 is 64.1 Å². The first-order valence-electron chi connectivity index (χ1n) is 31.1. The molecule has 2 aromatic heterocycles. The summed E-state index contributed by atoms with van der Waals surface area (Å²) in [5, 5.41) is 45.5. The van der Waals surface area contributed by atoms with Crippen molar-refractivity contribution in [2.45, 2.75) is 75.4 Å². The van der Waals surface area contributed by atoms with Crippen LogP contribution in [0.15, 0.2) is 103 Å². The van der Waals surface area contributed by atoms with Gasteiger partial charge in [-0.1, -0.05) is 12.8 Å². The van der Waals surface area contributed by atoms with Gasteiger partial charge in [0.1, 0.15) is 53.7 Å². The van der Waals surface area contributed by atoms with E-state index in [1.165, 1.54) is 60.8 Å². The van der Waals surface area contributed by atoms with Gasteiger partial charge < -0.3 is 84.3 Å². The number of hydrogen-bond acceptors (Lipinski definition) is 28. The number of anilines is 1. The van der Waals surface area contributed by atoms with E-state index in [1.807, 2.05) is 0 Å². The van der Waals surface area contributed by atoms with Gasteiger partial charge in [0, 0.05) is 78.6 Å². The average molecular weight is 1470 g/mol. The second-order valence-electron chi connectivity index (χ2n) is 22.1. The SMILES string of the molecule is Nc1ccn(C2CC(O)C(COP(=O)(O)OCCOCCOCCOP(=O)(O)OC3CC(n4cc(/C=C/C(=O)NCCCCCCNC(=O)c5ccc(C(=O)O)c(-c6c7ccc(=O)cc-7oc7cc(O)ccc67)c5)c(=O)[nH]c4=O)OC3COP(=O)(O)OCCOCCOCCO)O2)c(=O)n1. The number of phosphoric ester groups is 3. The number of benzene rings is 3. The number of aromatic hydroxyl groups is 1. The predicted molar refractivity (Wildman–Crippen MR) is 348 cm³/mol. The smallest absolute Gasteiger partial charge is 0.472 e. The van der Waals surface area contributed by atoms with Gasteiger partial charge in [0.15, 0.2) is 5.43 Å². The van der Waals surface area contributed by atoms with Crippen LogP contribution in [0.5, 0.6) is 5.75 Å². The monoisotopic (exact) mass is 1470 g/mol. The number of nitrogens with zero attached hydrogens (tertiary/aromatic N) is 3. The summed E-state index contributed by atoms with van der Waals surface area (Å²) in [4.78, 5) is 126. The molecular formula is C60H76N7O30P3. The third kappa shape index (κ3) is 23.5. The number of nitrogens with one attached hydrogen (secondary N) is 3. The fourth-order valence-electron chi connectivity index (χ4n) is 10.2. The third-order valence-electron chi connectivity index (χ3n) is 14.9. The molecule has 5 heterocycles. The Morgan fingerprint density at radius 1 is 0.690 bits per heavy atom. The number of hydrogen-bond donors (Lipinski definition) is 11. The lowest BCUT2D eigenvalue weighted by atomic mass is 9.89. The van der Waals surface area contributed by atoms with Crippen molar-refractivity contribution in [2.75, 3.05) is 111 Å². The van der Waals surface area contributed by atoms with Crippen molar-refractivity contribution in [3.63, 3.8) is 0 Å². The number of rotatable bonds is 42. The lowest BCUT2D eigenvalue weighted by Crippen LogP contribution is -2.33. The minimum Gasteiger partial charge on any atom is -0.508 e. The van der Waals surface area contributed by atoms with Crippen LogP contribution in [0.25, 0.3) is 39.5 Å². The van der Waals surface area contributed by atoms with Crippen LogP contribution in [0.4, 0.5) is 5.82 Å². The van der Waals surface area contributed by atoms with Crippen LogP contribution in [0.2, 0.25) is 0 Å². The highest BCUT2D eigenvalue weighted by atomic mass is 31.2. The van der Waals surface area contributed by atoms with E-state index < -0.39 is 135 Å². The molecule has 2 saturated heterocycles.